The van der Waals surface area contributed by atoms with Crippen molar-refractivity contribution in [1.82, 2.24) is 15.5 Å². The molecule has 1 aromatic heterocycles. The molecule has 1 fully saturated rings. The Morgan fingerprint density at radius 3 is 2.83 bits per heavy atom. The van der Waals surface area contributed by atoms with Gasteiger partial charge in [0.15, 0.2) is 5.96 Å². The molecule has 1 unspecified atom stereocenters. The third-order valence-corrected chi connectivity index (χ3v) is 5.54. The quantitative estimate of drug-likeness (QED) is 0.352. The molecule has 0 radical (unpaired) electrons. The van der Waals surface area contributed by atoms with E-state index < -0.39 is 0 Å². The lowest BCUT2D eigenvalue weighted by atomic mass is 10.2. The Morgan fingerprint density at radius 2 is 2.17 bits per heavy atom. The minimum absolute atomic E-state index is 0. The maximum Gasteiger partial charge on any atom is 0.191 e. The van der Waals surface area contributed by atoms with Crippen molar-refractivity contribution in [2.75, 3.05) is 40.4 Å². The van der Waals surface area contributed by atoms with Crippen LogP contribution in [0.15, 0.2) is 17.1 Å². The summed E-state index contributed by atoms with van der Waals surface area (Å²) in [7, 11) is 3.60. The second kappa shape index (κ2) is 12.1. The monoisotopic (exact) mass is 466 g/mol. The van der Waals surface area contributed by atoms with Gasteiger partial charge in [0.1, 0.15) is 0 Å². The molecule has 5 nitrogen and oxygen atoms in total. The predicted octanol–water partition coefficient (Wildman–Crippen LogP) is 2.70. The molecule has 1 aliphatic heterocycles. The number of likely N-dealkylation sites (tertiary alicyclic amines) is 1. The Bertz CT molecular complexity index is 495. The van der Waals surface area contributed by atoms with E-state index >= 15 is 0 Å². The number of hydrogen-bond acceptors (Lipinski definition) is 4. The Balaban J connectivity index is 0.00000288. The molecule has 1 aromatic rings. The minimum atomic E-state index is 0. The van der Waals surface area contributed by atoms with Gasteiger partial charge < -0.3 is 15.4 Å². The highest BCUT2D eigenvalue weighted by atomic mass is 127. The molecule has 0 amide bonds. The van der Waals surface area contributed by atoms with E-state index in [9.17, 15) is 0 Å². The number of thiophene rings is 1. The molecule has 1 saturated heterocycles. The van der Waals surface area contributed by atoms with Crippen molar-refractivity contribution in [3.63, 3.8) is 0 Å². The van der Waals surface area contributed by atoms with Crippen LogP contribution < -0.4 is 10.6 Å². The first kappa shape index (κ1) is 21.7. The molecule has 7 heteroatoms. The highest BCUT2D eigenvalue weighted by Gasteiger charge is 2.23. The third kappa shape index (κ3) is 6.85. The van der Waals surface area contributed by atoms with Crippen molar-refractivity contribution in [1.29, 1.82) is 0 Å². The van der Waals surface area contributed by atoms with Gasteiger partial charge in [-0.2, -0.15) is 0 Å². The SMILES string of the molecule is CCc1ccc(CNC(=NC)NCC2CCCN2CCOC)s1.I. The number of aliphatic imine (C=N–C) groups is 1. The third-order valence-electron chi connectivity index (χ3n) is 4.31. The average molecular weight is 466 g/mol. The Labute approximate surface area is 167 Å². The summed E-state index contributed by atoms with van der Waals surface area (Å²) in [5, 5.41) is 6.88. The van der Waals surface area contributed by atoms with Crippen LogP contribution in [0, 0.1) is 0 Å². The van der Waals surface area contributed by atoms with Crippen molar-refractivity contribution in [3.05, 3.63) is 21.9 Å². The van der Waals surface area contributed by atoms with Crippen LogP contribution in [0.5, 0.6) is 0 Å². The van der Waals surface area contributed by atoms with Gasteiger partial charge in [-0.25, -0.2) is 0 Å². The van der Waals surface area contributed by atoms with Crippen LogP contribution in [0.4, 0.5) is 0 Å². The normalized spacial score (nSPS) is 18.5. The first-order valence-electron chi connectivity index (χ1n) is 8.52. The van der Waals surface area contributed by atoms with Crippen LogP contribution in [-0.2, 0) is 17.7 Å². The number of guanidine groups is 1. The number of methoxy groups -OCH3 is 1. The molecule has 138 valence electrons. The Morgan fingerprint density at radius 1 is 1.38 bits per heavy atom. The zero-order valence-corrected chi connectivity index (χ0v) is 18.2. The molecule has 0 spiro atoms. The predicted molar refractivity (Wildman–Crippen MR) is 114 cm³/mol. The standard InChI is InChI=1S/C17H30N4OS.HI/c1-4-15-7-8-16(23-15)13-20-17(18-2)19-12-14-6-5-9-21(14)10-11-22-3;/h7-8,14H,4-6,9-13H2,1-3H3,(H2,18,19,20);1H. The van der Waals surface area contributed by atoms with Gasteiger partial charge in [0.2, 0.25) is 0 Å². The van der Waals surface area contributed by atoms with Crippen LogP contribution in [-0.4, -0.2) is 57.3 Å². The van der Waals surface area contributed by atoms with Crippen LogP contribution in [0.25, 0.3) is 0 Å². The van der Waals surface area contributed by atoms with Crippen molar-refractivity contribution in [2.45, 2.75) is 38.8 Å². The molecule has 0 bridgehead atoms. The van der Waals surface area contributed by atoms with Crippen LogP contribution in [0.2, 0.25) is 0 Å². The molecule has 1 aliphatic rings. The van der Waals surface area contributed by atoms with Gasteiger partial charge in [0, 0.05) is 43.0 Å². The van der Waals surface area contributed by atoms with Gasteiger partial charge in [-0.1, -0.05) is 6.92 Å². The lowest BCUT2D eigenvalue weighted by Gasteiger charge is -2.25. The van der Waals surface area contributed by atoms with E-state index in [0.717, 1.165) is 38.6 Å². The van der Waals surface area contributed by atoms with Gasteiger partial charge in [-0.15, -0.1) is 35.3 Å². The summed E-state index contributed by atoms with van der Waals surface area (Å²) in [6.45, 7) is 6.97. The maximum absolute atomic E-state index is 5.20. The highest BCUT2D eigenvalue weighted by molar-refractivity contribution is 14.0. The molecule has 0 saturated carbocycles. The first-order chi connectivity index (χ1) is 11.3. The molecule has 24 heavy (non-hydrogen) atoms. The van der Waals surface area contributed by atoms with Crippen LogP contribution in [0.3, 0.4) is 0 Å². The number of nitrogens with one attached hydrogen (secondary N) is 2. The zero-order valence-electron chi connectivity index (χ0n) is 15.0. The van der Waals surface area contributed by atoms with E-state index in [1.54, 1.807) is 7.11 Å². The summed E-state index contributed by atoms with van der Waals surface area (Å²) in [5.74, 6) is 0.884. The fourth-order valence-electron chi connectivity index (χ4n) is 2.94. The first-order valence-corrected chi connectivity index (χ1v) is 9.33. The largest absolute Gasteiger partial charge is 0.383 e. The maximum atomic E-state index is 5.20. The van der Waals surface area contributed by atoms with Crippen LogP contribution in [0.1, 0.15) is 29.5 Å². The second-order valence-corrected chi connectivity index (χ2v) is 7.11. The topological polar surface area (TPSA) is 48.9 Å². The molecule has 1 atom stereocenters. The summed E-state index contributed by atoms with van der Waals surface area (Å²) in [6.07, 6.45) is 3.63. The van der Waals surface area contributed by atoms with Gasteiger partial charge in [-0.3, -0.25) is 9.89 Å². The van der Waals surface area contributed by atoms with E-state index in [1.807, 2.05) is 18.4 Å². The molecular formula is C17H31IN4OS. The van der Waals surface area contributed by atoms with E-state index in [1.165, 1.54) is 29.1 Å². The summed E-state index contributed by atoms with van der Waals surface area (Å²) in [6, 6.07) is 4.99. The molecular weight excluding hydrogens is 435 g/mol. The van der Waals surface area contributed by atoms with Crippen molar-refractivity contribution < 1.29 is 4.74 Å². The van der Waals surface area contributed by atoms with E-state index in [2.05, 4.69) is 39.6 Å². The number of nitrogens with zero attached hydrogens (tertiary/aromatic N) is 2. The van der Waals surface area contributed by atoms with Gasteiger partial charge >= 0.3 is 0 Å². The molecule has 2 N–H and O–H groups in total. The fourth-order valence-corrected chi connectivity index (χ4v) is 3.84. The van der Waals surface area contributed by atoms with Gasteiger partial charge in [-0.05, 0) is 37.9 Å². The molecule has 2 heterocycles. The zero-order chi connectivity index (χ0) is 16.5. The average Bonchev–Trinajstić information content (AvgIpc) is 3.22. The second-order valence-electron chi connectivity index (χ2n) is 5.85. The van der Waals surface area contributed by atoms with Crippen LogP contribution >= 0.6 is 35.3 Å². The summed E-state index contributed by atoms with van der Waals surface area (Å²) >= 11 is 1.87. The number of ether oxygens (including phenoxy) is 1. The lowest BCUT2D eigenvalue weighted by molar-refractivity contribution is 0.141. The van der Waals surface area contributed by atoms with E-state index in [0.29, 0.717) is 6.04 Å². The van der Waals surface area contributed by atoms with E-state index in [-0.39, 0.29) is 24.0 Å². The van der Waals surface area contributed by atoms with Crippen molar-refractivity contribution >= 4 is 41.3 Å². The molecule has 2 rings (SSSR count). The van der Waals surface area contributed by atoms with Gasteiger partial charge in [0.05, 0.1) is 13.2 Å². The van der Waals surface area contributed by atoms with Gasteiger partial charge in [0.25, 0.3) is 0 Å². The lowest BCUT2D eigenvalue weighted by Crippen LogP contribution is -2.45. The minimum Gasteiger partial charge on any atom is -0.383 e. The Kier molecular flexibility index (Phi) is 10.9. The number of rotatable bonds is 8. The molecule has 0 aromatic carbocycles. The van der Waals surface area contributed by atoms with Crippen molar-refractivity contribution in [3.8, 4) is 0 Å². The number of aryl methyl sites for hydroxylation is 1. The summed E-state index contributed by atoms with van der Waals surface area (Å²) < 4.78 is 5.20. The molecule has 0 aliphatic carbocycles. The Hall–Kier alpha value is -0.380. The number of halogens is 1. The fraction of sp³-hybridized carbons (Fsp3) is 0.706. The number of hydrogen-bond donors (Lipinski definition) is 2. The summed E-state index contributed by atoms with van der Waals surface area (Å²) in [4.78, 5) is 9.63. The summed E-state index contributed by atoms with van der Waals surface area (Å²) in [5.41, 5.74) is 0. The van der Waals surface area contributed by atoms with Crippen molar-refractivity contribution in [2.24, 2.45) is 4.99 Å². The highest BCUT2D eigenvalue weighted by Crippen LogP contribution is 2.17. The smallest absolute Gasteiger partial charge is 0.191 e. The van der Waals surface area contributed by atoms with E-state index in [4.69, 9.17) is 4.74 Å².